The summed E-state index contributed by atoms with van der Waals surface area (Å²) in [4.78, 5) is 8.57. The van der Waals surface area contributed by atoms with E-state index in [1.165, 1.54) is 0 Å². The van der Waals surface area contributed by atoms with Crippen molar-refractivity contribution in [2.75, 3.05) is 0 Å². The molecule has 25 heavy (non-hydrogen) atoms. The average molecular weight is 416 g/mol. The van der Waals surface area contributed by atoms with Crippen LogP contribution in [0.25, 0.3) is 16.9 Å². The zero-order valence-electron chi connectivity index (χ0n) is 13.4. The molecule has 0 atom stereocenters. The number of hydrogen-bond acceptors (Lipinski definition) is 2. The number of halogens is 4. The van der Waals surface area contributed by atoms with Crippen LogP contribution in [0.2, 0.25) is 15.1 Å². The van der Waals surface area contributed by atoms with Crippen LogP contribution in [0, 0.1) is 13.8 Å². The van der Waals surface area contributed by atoms with Crippen molar-refractivity contribution >= 4 is 52.1 Å². The second-order valence-electron chi connectivity index (χ2n) is 5.16. The lowest BCUT2D eigenvalue weighted by Crippen LogP contribution is -2.00. The maximum Gasteiger partial charge on any atom is 0.208 e. The number of carbonyl (C=O) groups excluding carboxylic acids is 1. The van der Waals surface area contributed by atoms with Crippen LogP contribution in [0.15, 0.2) is 42.5 Å². The van der Waals surface area contributed by atoms with Crippen LogP contribution >= 0.6 is 46.4 Å². The first kappa shape index (κ1) is 19.8. The number of aryl methyl sites for hydroxylation is 1. The van der Waals surface area contributed by atoms with E-state index in [1.54, 1.807) is 12.1 Å². The molecule has 0 aliphatic carbocycles. The average Bonchev–Trinajstić information content (AvgIpc) is 2.84. The molecule has 0 unspecified atom stereocenters. The summed E-state index contributed by atoms with van der Waals surface area (Å²) in [6.07, 6.45) is 0. The van der Waals surface area contributed by atoms with Crippen LogP contribution < -0.4 is 0 Å². The highest BCUT2D eigenvalue weighted by molar-refractivity contribution is 6.54. The summed E-state index contributed by atoms with van der Waals surface area (Å²) < 4.78 is 1.85. The van der Waals surface area contributed by atoms with Gasteiger partial charge in [-0.2, -0.15) is 5.10 Å². The summed E-state index contributed by atoms with van der Waals surface area (Å²) in [5, 5.41) is 6.49. The van der Waals surface area contributed by atoms with Crippen LogP contribution in [0.5, 0.6) is 0 Å². The largest absolute Gasteiger partial charge is 0.285 e. The molecular formula is C18H14Cl4N2O. The topological polar surface area (TPSA) is 34.9 Å². The molecule has 0 bridgehead atoms. The Bertz CT molecular complexity index is 889. The Morgan fingerprint density at radius 1 is 0.960 bits per heavy atom. The predicted octanol–water partition coefficient (Wildman–Crippen LogP) is 6.53. The molecule has 0 amide bonds. The first-order chi connectivity index (χ1) is 11.9. The molecule has 0 aliphatic rings. The summed E-state index contributed by atoms with van der Waals surface area (Å²) in [5.41, 5.74) is 4.89. The molecule has 0 fully saturated rings. The minimum absolute atomic E-state index is 0.222. The van der Waals surface area contributed by atoms with Gasteiger partial charge in [0.05, 0.1) is 22.1 Å². The number of aromatic nitrogens is 2. The second kappa shape index (κ2) is 8.72. The molecule has 3 nitrogen and oxygen atoms in total. The molecule has 0 N–H and O–H groups in total. The molecule has 3 rings (SSSR count). The van der Waals surface area contributed by atoms with Crippen molar-refractivity contribution < 1.29 is 4.79 Å². The van der Waals surface area contributed by atoms with E-state index in [4.69, 9.17) is 39.6 Å². The molecule has 130 valence electrons. The van der Waals surface area contributed by atoms with Crippen LogP contribution in [-0.2, 0) is 4.79 Å². The number of hydrogen-bond donors (Lipinski definition) is 0. The monoisotopic (exact) mass is 414 g/mol. The molecule has 0 radical (unpaired) electrons. The number of nitrogens with zero attached hydrogens (tertiary/aromatic N) is 2. The lowest BCUT2D eigenvalue weighted by molar-refractivity contribution is 0.569. The highest BCUT2D eigenvalue weighted by atomic mass is 35.5. The van der Waals surface area contributed by atoms with Crippen molar-refractivity contribution in [3.05, 3.63) is 68.8 Å². The van der Waals surface area contributed by atoms with Gasteiger partial charge in [0.15, 0.2) is 0 Å². The summed E-state index contributed by atoms with van der Waals surface area (Å²) in [7, 11) is 0. The van der Waals surface area contributed by atoms with Gasteiger partial charge in [-0.25, -0.2) is 4.68 Å². The van der Waals surface area contributed by atoms with E-state index in [2.05, 4.69) is 16.7 Å². The molecule has 0 saturated heterocycles. The quantitative estimate of drug-likeness (QED) is 0.352. The van der Waals surface area contributed by atoms with Crippen molar-refractivity contribution in [1.29, 1.82) is 0 Å². The third kappa shape index (κ3) is 4.56. The summed E-state index contributed by atoms with van der Waals surface area (Å²) in [5.74, 6) is 0.222. The minimum Gasteiger partial charge on any atom is -0.285 e. The Labute approximate surface area is 166 Å². The van der Waals surface area contributed by atoms with E-state index in [0.717, 1.165) is 28.2 Å². The summed E-state index contributed by atoms with van der Waals surface area (Å²) >= 11 is 22.6. The molecule has 0 saturated carbocycles. The third-order valence-corrected chi connectivity index (χ3v) is 4.41. The van der Waals surface area contributed by atoms with Crippen molar-refractivity contribution in [1.82, 2.24) is 9.78 Å². The first-order valence-electron chi connectivity index (χ1n) is 7.20. The van der Waals surface area contributed by atoms with E-state index in [9.17, 15) is 0 Å². The lowest BCUT2D eigenvalue weighted by atomic mass is 10.1. The fourth-order valence-corrected chi connectivity index (χ4v) is 2.99. The van der Waals surface area contributed by atoms with Gasteiger partial charge in [-0.05, 0) is 61.3 Å². The van der Waals surface area contributed by atoms with Crippen LogP contribution in [0.4, 0.5) is 0 Å². The normalized spacial score (nSPS) is 10.2. The smallest absolute Gasteiger partial charge is 0.208 e. The molecule has 1 aromatic heterocycles. The summed E-state index contributed by atoms with van der Waals surface area (Å²) in [6, 6.07) is 13.1. The van der Waals surface area contributed by atoms with E-state index >= 15 is 0 Å². The van der Waals surface area contributed by atoms with E-state index in [-0.39, 0.29) is 5.75 Å². The fourth-order valence-electron chi connectivity index (χ4n) is 2.38. The van der Waals surface area contributed by atoms with E-state index < -0.39 is 0 Å². The SMILES string of the molecule is Cc1nn(-c2ccc(Cl)cc2Cl)c(-c2ccc(Cl)cc2)c1C.O=CCl. The molecule has 3 aromatic rings. The van der Waals surface area contributed by atoms with E-state index in [0.29, 0.717) is 15.1 Å². The first-order valence-corrected chi connectivity index (χ1v) is 8.77. The molecule has 0 aliphatic heterocycles. The molecule has 7 heteroatoms. The van der Waals surface area contributed by atoms with Crippen LogP contribution in [0.1, 0.15) is 11.3 Å². The van der Waals surface area contributed by atoms with Gasteiger partial charge in [-0.15, -0.1) is 0 Å². The van der Waals surface area contributed by atoms with Gasteiger partial charge in [-0.1, -0.05) is 46.9 Å². The zero-order chi connectivity index (χ0) is 18.6. The summed E-state index contributed by atoms with van der Waals surface area (Å²) in [6.45, 7) is 4.03. The van der Waals surface area contributed by atoms with Gasteiger partial charge in [-0.3, -0.25) is 4.79 Å². The van der Waals surface area contributed by atoms with Gasteiger partial charge in [0.1, 0.15) is 0 Å². The molecule has 0 spiro atoms. The zero-order valence-corrected chi connectivity index (χ0v) is 16.5. The van der Waals surface area contributed by atoms with Crippen molar-refractivity contribution in [3.63, 3.8) is 0 Å². The van der Waals surface area contributed by atoms with Gasteiger partial charge >= 0.3 is 0 Å². The third-order valence-electron chi connectivity index (χ3n) is 3.62. The number of rotatable bonds is 2. The lowest BCUT2D eigenvalue weighted by Gasteiger charge is -2.11. The van der Waals surface area contributed by atoms with Gasteiger partial charge in [0.2, 0.25) is 5.75 Å². The number of carbonyl (C=O) groups is 1. The van der Waals surface area contributed by atoms with Crippen molar-refractivity contribution in [3.8, 4) is 16.9 Å². The Balaban J connectivity index is 0.000000701. The maximum absolute atomic E-state index is 8.57. The van der Waals surface area contributed by atoms with Gasteiger partial charge in [0, 0.05) is 15.6 Å². The Hall–Kier alpha value is -1.52. The van der Waals surface area contributed by atoms with Crippen LogP contribution in [0.3, 0.4) is 0 Å². The predicted molar refractivity (Wildman–Crippen MR) is 106 cm³/mol. The minimum atomic E-state index is 0.222. The Kier molecular flexibility index (Phi) is 6.91. The number of benzene rings is 2. The van der Waals surface area contributed by atoms with Crippen molar-refractivity contribution in [2.24, 2.45) is 0 Å². The second-order valence-corrected chi connectivity index (χ2v) is 6.62. The Morgan fingerprint density at radius 2 is 1.52 bits per heavy atom. The highest BCUT2D eigenvalue weighted by Gasteiger charge is 2.16. The van der Waals surface area contributed by atoms with E-state index in [1.807, 2.05) is 48.9 Å². The molecule has 1 heterocycles. The maximum atomic E-state index is 8.57. The fraction of sp³-hybridized carbons (Fsp3) is 0.111. The standard InChI is InChI=1S/C17H13Cl3N2.CHClO/c1-10-11(2)21-22(16-8-7-14(19)9-15(16)20)17(10)12-3-5-13(18)6-4-12;2-1-3/h3-9H,1-2H3;1H. The van der Waals surface area contributed by atoms with Crippen LogP contribution in [-0.4, -0.2) is 15.5 Å². The van der Waals surface area contributed by atoms with Crippen molar-refractivity contribution in [2.45, 2.75) is 13.8 Å². The molecule has 2 aromatic carbocycles. The molecular weight excluding hydrogens is 402 g/mol. The van der Waals surface area contributed by atoms with Gasteiger partial charge < -0.3 is 0 Å². The Morgan fingerprint density at radius 3 is 2.08 bits per heavy atom. The highest BCUT2D eigenvalue weighted by Crippen LogP contribution is 2.32. The van der Waals surface area contributed by atoms with Gasteiger partial charge in [0.25, 0.3) is 0 Å².